The highest BCUT2D eigenvalue weighted by molar-refractivity contribution is 5.96. The molecule has 0 aromatic heterocycles. The van der Waals surface area contributed by atoms with Crippen LogP contribution in [0.15, 0.2) is 60.7 Å². The smallest absolute Gasteiger partial charge is 0.246 e. The minimum atomic E-state index is -0.0782. The average molecular weight is 338 g/mol. The van der Waals surface area contributed by atoms with Gasteiger partial charge in [-0.15, -0.1) is 0 Å². The average Bonchev–Trinajstić information content (AvgIpc) is 2.64. The highest BCUT2D eigenvalue weighted by Crippen LogP contribution is 2.18. The van der Waals surface area contributed by atoms with Gasteiger partial charge in [0.05, 0.1) is 6.54 Å². The SMILES string of the molecule is CCC(C)N(CC(=O)N(Cc1ccccc1)c1ccccc1)C(C)=O. The summed E-state index contributed by atoms with van der Waals surface area (Å²) >= 11 is 0. The van der Waals surface area contributed by atoms with Crippen LogP contribution in [0.3, 0.4) is 0 Å². The molecule has 0 saturated carbocycles. The summed E-state index contributed by atoms with van der Waals surface area (Å²) in [6.07, 6.45) is 0.816. The van der Waals surface area contributed by atoms with Crippen molar-refractivity contribution in [2.45, 2.75) is 39.8 Å². The van der Waals surface area contributed by atoms with E-state index in [2.05, 4.69) is 0 Å². The minimum Gasteiger partial charge on any atom is -0.331 e. The summed E-state index contributed by atoms with van der Waals surface area (Å²) in [4.78, 5) is 28.4. The molecule has 0 aliphatic carbocycles. The molecule has 25 heavy (non-hydrogen) atoms. The molecular formula is C21H26N2O2. The first-order valence-corrected chi connectivity index (χ1v) is 8.69. The molecule has 0 aliphatic rings. The molecule has 0 N–H and O–H groups in total. The van der Waals surface area contributed by atoms with Gasteiger partial charge >= 0.3 is 0 Å². The van der Waals surface area contributed by atoms with Crippen molar-refractivity contribution in [1.82, 2.24) is 4.90 Å². The molecule has 0 spiro atoms. The van der Waals surface area contributed by atoms with E-state index in [0.29, 0.717) is 6.54 Å². The Morgan fingerprint density at radius 3 is 2.04 bits per heavy atom. The Labute approximate surface area is 150 Å². The normalized spacial score (nSPS) is 11.6. The van der Waals surface area contributed by atoms with E-state index in [1.54, 1.807) is 9.80 Å². The highest BCUT2D eigenvalue weighted by Gasteiger charge is 2.23. The van der Waals surface area contributed by atoms with Gasteiger partial charge < -0.3 is 9.80 Å². The number of para-hydroxylation sites is 1. The first-order chi connectivity index (χ1) is 12.0. The van der Waals surface area contributed by atoms with Crippen LogP contribution in [-0.2, 0) is 16.1 Å². The third kappa shape index (κ3) is 5.18. The van der Waals surface area contributed by atoms with E-state index < -0.39 is 0 Å². The predicted molar refractivity (Wildman–Crippen MR) is 101 cm³/mol. The van der Waals surface area contributed by atoms with E-state index >= 15 is 0 Å². The molecular weight excluding hydrogens is 312 g/mol. The van der Waals surface area contributed by atoms with Crippen molar-refractivity contribution < 1.29 is 9.59 Å². The number of amides is 2. The van der Waals surface area contributed by atoms with Crippen molar-refractivity contribution in [3.8, 4) is 0 Å². The number of carbonyl (C=O) groups is 2. The second kappa shape index (κ2) is 9.02. The maximum absolute atomic E-state index is 13.0. The lowest BCUT2D eigenvalue weighted by Crippen LogP contribution is -2.45. The van der Waals surface area contributed by atoms with Gasteiger partial charge in [-0.1, -0.05) is 55.5 Å². The number of hydrogen-bond donors (Lipinski definition) is 0. The lowest BCUT2D eigenvalue weighted by Gasteiger charge is -2.30. The van der Waals surface area contributed by atoms with Crippen molar-refractivity contribution in [2.24, 2.45) is 0 Å². The minimum absolute atomic E-state index is 0.0378. The van der Waals surface area contributed by atoms with Crippen LogP contribution < -0.4 is 4.90 Å². The maximum atomic E-state index is 13.0. The Hall–Kier alpha value is -2.62. The van der Waals surface area contributed by atoms with Gasteiger partial charge in [0, 0.05) is 18.7 Å². The number of rotatable bonds is 7. The van der Waals surface area contributed by atoms with Gasteiger partial charge in [-0.25, -0.2) is 0 Å². The summed E-state index contributed by atoms with van der Waals surface area (Å²) in [5.74, 6) is -0.152. The van der Waals surface area contributed by atoms with Crippen molar-refractivity contribution in [3.05, 3.63) is 66.2 Å². The van der Waals surface area contributed by atoms with Gasteiger partial charge in [0.2, 0.25) is 11.8 Å². The second-order valence-corrected chi connectivity index (χ2v) is 6.21. The van der Waals surface area contributed by atoms with Crippen molar-refractivity contribution >= 4 is 17.5 Å². The van der Waals surface area contributed by atoms with Gasteiger partial charge in [-0.3, -0.25) is 9.59 Å². The number of anilines is 1. The summed E-state index contributed by atoms with van der Waals surface area (Å²) in [5.41, 5.74) is 1.89. The fraction of sp³-hybridized carbons (Fsp3) is 0.333. The largest absolute Gasteiger partial charge is 0.331 e. The molecule has 4 heteroatoms. The molecule has 0 aliphatic heterocycles. The van der Waals surface area contributed by atoms with Gasteiger partial charge in [-0.05, 0) is 31.0 Å². The summed E-state index contributed by atoms with van der Waals surface area (Å²) in [6.45, 7) is 6.08. The van der Waals surface area contributed by atoms with Crippen LogP contribution in [0.4, 0.5) is 5.69 Å². The predicted octanol–water partition coefficient (Wildman–Crippen LogP) is 3.87. The molecule has 2 rings (SSSR count). The third-order valence-electron chi connectivity index (χ3n) is 4.39. The molecule has 0 heterocycles. The highest BCUT2D eigenvalue weighted by atomic mass is 16.2. The first-order valence-electron chi connectivity index (χ1n) is 8.69. The molecule has 2 aromatic carbocycles. The van der Waals surface area contributed by atoms with Crippen LogP contribution in [0.25, 0.3) is 0 Å². The van der Waals surface area contributed by atoms with Gasteiger partial charge in [0.15, 0.2) is 0 Å². The standard InChI is InChI=1S/C21H26N2O2/c1-4-17(2)22(18(3)24)16-21(25)23(20-13-9-6-10-14-20)15-19-11-7-5-8-12-19/h5-14,17H,4,15-16H2,1-3H3. The Bertz CT molecular complexity index is 686. The van der Waals surface area contributed by atoms with Crippen LogP contribution in [-0.4, -0.2) is 29.3 Å². The Balaban J connectivity index is 2.25. The zero-order chi connectivity index (χ0) is 18.2. The van der Waals surface area contributed by atoms with Crippen LogP contribution in [0, 0.1) is 0 Å². The number of benzene rings is 2. The topological polar surface area (TPSA) is 40.6 Å². The zero-order valence-corrected chi connectivity index (χ0v) is 15.2. The van der Waals surface area contributed by atoms with E-state index in [9.17, 15) is 9.59 Å². The maximum Gasteiger partial charge on any atom is 0.246 e. The second-order valence-electron chi connectivity index (χ2n) is 6.21. The zero-order valence-electron chi connectivity index (χ0n) is 15.2. The van der Waals surface area contributed by atoms with Crippen molar-refractivity contribution in [3.63, 3.8) is 0 Å². The van der Waals surface area contributed by atoms with Crippen molar-refractivity contribution in [1.29, 1.82) is 0 Å². The van der Waals surface area contributed by atoms with E-state index in [1.165, 1.54) is 6.92 Å². The molecule has 2 amide bonds. The van der Waals surface area contributed by atoms with Crippen LogP contribution >= 0.6 is 0 Å². The van der Waals surface area contributed by atoms with Gasteiger partial charge in [0.25, 0.3) is 0 Å². The summed E-state index contributed by atoms with van der Waals surface area (Å²) in [5, 5.41) is 0. The van der Waals surface area contributed by atoms with Gasteiger partial charge in [-0.2, -0.15) is 0 Å². The Morgan fingerprint density at radius 1 is 0.960 bits per heavy atom. The first kappa shape index (κ1) is 18.7. The molecule has 132 valence electrons. The molecule has 0 fully saturated rings. The fourth-order valence-electron chi connectivity index (χ4n) is 2.73. The van der Waals surface area contributed by atoms with E-state index in [-0.39, 0.29) is 24.4 Å². The fourth-order valence-corrected chi connectivity index (χ4v) is 2.73. The molecule has 0 bridgehead atoms. The molecule has 2 aromatic rings. The summed E-state index contributed by atoms with van der Waals surface area (Å²) in [6, 6.07) is 19.5. The molecule has 0 saturated heterocycles. The molecule has 0 radical (unpaired) electrons. The van der Waals surface area contributed by atoms with E-state index in [0.717, 1.165) is 17.7 Å². The van der Waals surface area contributed by atoms with Crippen molar-refractivity contribution in [2.75, 3.05) is 11.4 Å². The van der Waals surface area contributed by atoms with Gasteiger partial charge in [0.1, 0.15) is 6.54 Å². The molecule has 1 atom stereocenters. The van der Waals surface area contributed by atoms with Crippen LogP contribution in [0.1, 0.15) is 32.8 Å². The summed E-state index contributed by atoms with van der Waals surface area (Å²) in [7, 11) is 0. The monoisotopic (exact) mass is 338 g/mol. The number of hydrogen-bond acceptors (Lipinski definition) is 2. The lowest BCUT2D eigenvalue weighted by molar-refractivity contribution is -0.135. The van der Waals surface area contributed by atoms with Crippen LogP contribution in [0.2, 0.25) is 0 Å². The van der Waals surface area contributed by atoms with E-state index in [4.69, 9.17) is 0 Å². The number of carbonyl (C=O) groups excluding carboxylic acids is 2. The van der Waals surface area contributed by atoms with E-state index in [1.807, 2.05) is 74.5 Å². The molecule has 1 unspecified atom stereocenters. The third-order valence-corrected chi connectivity index (χ3v) is 4.39. The molecule has 4 nitrogen and oxygen atoms in total. The lowest BCUT2D eigenvalue weighted by atomic mass is 10.1. The Kier molecular flexibility index (Phi) is 6.75. The van der Waals surface area contributed by atoms with Crippen LogP contribution in [0.5, 0.6) is 0 Å². The Morgan fingerprint density at radius 2 is 1.52 bits per heavy atom. The summed E-state index contributed by atoms with van der Waals surface area (Å²) < 4.78 is 0. The quantitative estimate of drug-likeness (QED) is 0.769. The number of nitrogens with zero attached hydrogens (tertiary/aromatic N) is 2.